The molecule has 2 heterocycles. The molecule has 0 radical (unpaired) electrons. The molecule has 0 saturated carbocycles. The lowest BCUT2D eigenvalue weighted by molar-refractivity contribution is -0.129. The number of rotatable bonds is 2. The van der Waals surface area contributed by atoms with Crippen LogP contribution < -0.4 is 10.6 Å². The third-order valence-corrected chi connectivity index (χ3v) is 4.70. The van der Waals surface area contributed by atoms with Crippen LogP contribution in [0.1, 0.15) is 6.92 Å². The fraction of sp³-hybridized carbons (Fsp3) is 0.333. The van der Waals surface area contributed by atoms with E-state index >= 15 is 0 Å². The number of benzene rings is 1. The van der Waals surface area contributed by atoms with Crippen LogP contribution in [0.25, 0.3) is 11.1 Å². The summed E-state index contributed by atoms with van der Waals surface area (Å²) in [6.45, 7) is 4.76. The minimum atomic E-state index is 0.141. The lowest BCUT2D eigenvalue weighted by atomic mass is 10.1. The smallest absolute Gasteiger partial charge is 0.219 e. The molecule has 110 valence electrons. The molecule has 1 aliphatic rings. The van der Waals surface area contributed by atoms with Gasteiger partial charge in [-0.15, -0.1) is 0 Å². The Bertz CT molecular complexity index is 632. The number of piperazine rings is 1. The SMILES string of the molecule is CC(=O)N1CCN(c2snc(N)c2-c2ccccc2)CC1. The highest BCUT2D eigenvalue weighted by Crippen LogP contribution is 2.39. The molecule has 1 amide bonds. The van der Waals surface area contributed by atoms with Crippen molar-refractivity contribution in [2.75, 3.05) is 36.8 Å². The van der Waals surface area contributed by atoms with Gasteiger partial charge < -0.3 is 15.5 Å². The number of hydrogen-bond donors (Lipinski definition) is 1. The van der Waals surface area contributed by atoms with Gasteiger partial charge in [0.1, 0.15) is 10.8 Å². The summed E-state index contributed by atoms with van der Waals surface area (Å²) >= 11 is 1.43. The van der Waals surface area contributed by atoms with E-state index in [-0.39, 0.29) is 5.91 Å². The number of anilines is 2. The molecule has 0 spiro atoms. The largest absolute Gasteiger partial charge is 0.382 e. The van der Waals surface area contributed by atoms with Gasteiger partial charge in [0.15, 0.2) is 0 Å². The molecular weight excluding hydrogens is 284 g/mol. The lowest BCUT2D eigenvalue weighted by Crippen LogP contribution is -2.48. The second-order valence-corrected chi connectivity index (χ2v) is 5.86. The highest BCUT2D eigenvalue weighted by Gasteiger charge is 2.24. The summed E-state index contributed by atoms with van der Waals surface area (Å²) in [5, 5.41) is 1.10. The molecule has 0 atom stereocenters. The molecule has 2 aromatic rings. The van der Waals surface area contributed by atoms with E-state index in [0.717, 1.165) is 42.3 Å². The minimum absolute atomic E-state index is 0.141. The fourth-order valence-corrected chi connectivity index (χ4v) is 3.50. The summed E-state index contributed by atoms with van der Waals surface area (Å²) in [5.74, 6) is 0.719. The zero-order chi connectivity index (χ0) is 14.8. The summed E-state index contributed by atoms with van der Waals surface area (Å²) in [6.07, 6.45) is 0. The first-order chi connectivity index (χ1) is 10.2. The molecule has 0 unspecified atom stereocenters. The molecule has 5 nitrogen and oxygen atoms in total. The maximum absolute atomic E-state index is 11.4. The molecule has 0 aliphatic carbocycles. The van der Waals surface area contributed by atoms with E-state index in [2.05, 4.69) is 21.4 Å². The zero-order valence-corrected chi connectivity index (χ0v) is 12.8. The molecule has 1 aliphatic heterocycles. The molecule has 1 aromatic heterocycles. The van der Waals surface area contributed by atoms with E-state index in [4.69, 9.17) is 5.73 Å². The third-order valence-electron chi connectivity index (χ3n) is 3.78. The Morgan fingerprint density at radius 3 is 2.48 bits per heavy atom. The van der Waals surface area contributed by atoms with E-state index in [1.807, 2.05) is 23.1 Å². The Kier molecular flexibility index (Phi) is 3.79. The van der Waals surface area contributed by atoms with E-state index in [1.165, 1.54) is 11.5 Å². The second-order valence-electron chi connectivity index (χ2n) is 5.11. The summed E-state index contributed by atoms with van der Waals surface area (Å²) in [7, 11) is 0. The third kappa shape index (κ3) is 2.71. The first kappa shape index (κ1) is 13.9. The predicted molar refractivity (Wildman–Crippen MR) is 86.4 cm³/mol. The van der Waals surface area contributed by atoms with Crippen LogP contribution in [0.15, 0.2) is 30.3 Å². The number of nitrogen functional groups attached to an aromatic ring is 1. The van der Waals surface area contributed by atoms with Crippen LogP contribution in [-0.2, 0) is 4.79 Å². The van der Waals surface area contributed by atoms with Crippen molar-refractivity contribution >= 4 is 28.3 Å². The van der Waals surface area contributed by atoms with Gasteiger partial charge in [-0.3, -0.25) is 4.79 Å². The van der Waals surface area contributed by atoms with Crippen molar-refractivity contribution in [3.63, 3.8) is 0 Å². The molecule has 0 bridgehead atoms. The Balaban J connectivity index is 1.86. The quantitative estimate of drug-likeness (QED) is 0.922. The van der Waals surface area contributed by atoms with Gasteiger partial charge in [0.25, 0.3) is 0 Å². The van der Waals surface area contributed by atoms with Crippen LogP contribution >= 0.6 is 11.5 Å². The van der Waals surface area contributed by atoms with Gasteiger partial charge >= 0.3 is 0 Å². The number of hydrogen-bond acceptors (Lipinski definition) is 5. The van der Waals surface area contributed by atoms with Gasteiger partial charge in [0, 0.05) is 33.1 Å². The topological polar surface area (TPSA) is 62.5 Å². The average molecular weight is 302 g/mol. The monoisotopic (exact) mass is 302 g/mol. The highest BCUT2D eigenvalue weighted by atomic mass is 32.1. The predicted octanol–water partition coefficient (Wildman–Crippen LogP) is 2.06. The van der Waals surface area contributed by atoms with Crippen LogP contribution in [0.5, 0.6) is 0 Å². The van der Waals surface area contributed by atoms with Gasteiger partial charge in [0.2, 0.25) is 5.91 Å². The van der Waals surface area contributed by atoms with Crippen LogP contribution in [0.4, 0.5) is 10.8 Å². The first-order valence-electron chi connectivity index (χ1n) is 6.98. The van der Waals surface area contributed by atoms with Crippen LogP contribution in [0.2, 0.25) is 0 Å². The Morgan fingerprint density at radius 1 is 1.19 bits per heavy atom. The molecule has 1 fully saturated rings. The number of nitrogens with two attached hydrogens (primary N) is 1. The second kappa shape index (κ2) is 5.73. The molecule has 6 heteroatoms. The van der Waals surface area contributed by atoms with Crippen LogP contribution in [-0.4, -0.2) is 41.4 Å². The van der Waals surface area contributed by atoms with Crippen molar-refractivity contribution in [2.24, 2.45) is 0 Å². The van der Waals surface area contributed by atoms with Gasteiger partial charge in [-0.1, -0.05) is 30.3 Å². The number of amides is 1. The van der Waals surface area contributed by atoms with Gasteiger partial charge in [-0.2, -0.15) is 4.37 Å². The Morgan fingerprint density at radius 2 is 1.86 bits per heavy atom. The van der Waals surface area contributed by atoms with Crippen LogP contribution in [0.3, 0.4) is 0 Å². The average Bonchev–Trinajstić information content (AvgIpc) is 2.90. The van der Waals surface area contributed by atoms with E-state index in [9.17, 15) is 4.79 Å². The normalized spacial score (nSPS) is 15.3. The summed E-state index contributed by atoms with van der Waals surface area (Å²) in [5.41, 5.74) is 8.17. The van der Waals surface area contributed by atoms with Gasteiger partial charge in [-0.25, -0.2) is 0 Å². The summed E-state index contributed by atoms with van der Waals surface area (Å²) in [4.78, 5) is 15.6. The van der Waals surface area contributed by atoms with Crippen molar-refractivity contribution in [1.82, 2.24) is 9.27 Å². The number of carbonyl (C=O) groups is 1. The standard InChI is InChI=1S/C15H18N4OS/c1-11(20)18-7-9-19(10-8-18)15-13(14(16)17-21-15)12-5-3-2-4-6-12/h2-6H,7-10H2,1H3,(H2,16,17). The van der Waals surface area contributed by atoms with Crippen molar-refractivity contribution in [3.05, 3.63) is 30.3 Å². The van der Waals surface area contributed by atoms with E-state index < -0.39 is 0 Å². The molecule has 21 heavy (non-hydrogen) atoms. The molecule has 1 aromatic carbocycles. The fourth-order valence-electron chi connectivity index (χ4n) is 2.61. The summed E-state index contributed by atoms with van der Waals surface area (Å²) < 4.78 is 4.32. The highest BCUT2D eigenvalue weighted by molar-refractivity contribution is 7.11. The molecule has 1 saturated heterocycles. The van der Waals surface area contributed by atoms with Crippen molar-refractivity contribution in [3.8, 4) is 11.1 Å². The number of nitrogens with zero attached hydrogens (tertiary/aromatic N) is 3. The summed E-state index contributed by atoms with van der Waals surface area (Å²) in [6, 6.07) is 10.1. The van der Waals surface area contributed by atoms with Crippen molar-refractivity contribution < 1.29 is 4.79 Å². The molecular formula is C15H18N4OS. The lowest BCUT2D eigenvalue weighted by Gasteiger charge is -2.35. The van der Waals surface area contributed by atoms with Crippen molar-refractivity contribution in [1.29, 1.82) is 0 Å². The number of aromatic nitrogens is 1. The minimum Gasteiger partial charge on any atom is -0.382 e. The molecule has 2 N–H and O–H groups in total. The maximum Gasteiger partial charge on any atom is 0.219 e. The van der Waals surface area contributed by atoms with E-state index in [0.29, 0.717) is 5.82 Å². The van der Waals surface area contributed by atoms with Crippen molar-refractivity contribution in [2.45, 2.75) is 6.92 Å². The maximum atomic E-state index is 11.4. The first-order valence-corrected chi connectivity index (χ1v) is 7.75. The van der Waals surface area contributed by atoms with Crippen LogP contribution in [0, 0.1) is 0 Å². The Hall–Kier alpha value is -2.08. The van der Waals surface area contributed by atoms with E-state index in [1.54, 1.807) is 6.92 Å². The van der Waals surface area contributed by atoms with Gasteiger partial charge in [0.05, 0.1) is 5.56 Å². The molecule has 3 rings (SSSR count). The zero-order valence-electron chi connectivity index (χ0n) is 12.0. The Labute approximate surface area is 128 Å². The number of carbonyl (C=O) groups excluding carboxylic acids is 1. The van der Waals surface area contributed by atoms with Gasteiger partial charge in [-0.05, 0) is 17.1 Å².